The molecule has 0 atom stereocenters. The molecule has 0 unspecified atom stereocenters. The van der Waals surface area contributed by atoms with Gasteiger partial charge in [0.1, 0.15) is 0 Å². The van der Waals surface area contributed by atoms with E-state index in [0.717, 1.165) is 11.3 Å². The molecule has 0 bridgehead atoms. The molecule has 0 saturated carbocycles. The van der Waals surface area contributed by atoms with Gasteiger partial charge in [-0.25, -0.2) is 9.78 Å². The van der Waals surface area contributed by atoms with Crippen molar-refractivity contribution in [3.8, 4) is 5.88 Å². The minimum absolute atomic E-state index is 0.238. The Bertz CT molecular complexity index is 614. The molecule has 0 fully saturated rings. The lowest BCUT2D eigenvalue weighted by Gasteiger charge is -2.08. The molecular formula is C14H13BrN2O3. The number of aromatic carboxylic acids is 1. The number of carboxylic acids is 1. The van der Waals surface area contributed by atoms with Gasteiger partial charge in [0.25, 0.3) is 0 Å². The lowest BCUT2D eigenvalue weighted by Crippen LogP contribution is -2.02. The Morgan fingerprint density at radius 1 is 1.40 bits per heavy atom. The Morgan fingerprint density at radius 2 is 2.20 bits per heavy atom. The molecule has 104 valence electrons. The average molecular weight is 337 g/mol. The molecule has 0 aliphatic heterocycles. The van der Waals surface area contributed by atoms with Gasteiger partial charge >= 0.3 is 5.97 Å². The number of hydrogen-bond acceptors (Lipinski definition) is 4. The Kier molecular flexibility index (Phi) is 4.57. The number of methoxy groups -OCH3 is 1. The summed E-state index contributed by atoms with van der Waals surface area (Å²) in [6.07, 6.45) is 1.73. The first kappa shape index (κ1) is 14.3. The highest BCUT2D eigenvalue weighted by atomic mass is 79.9. The van der Waals surface area contributed by atoms with E-state index in [1.54, 1.807) is 37.6 Å². The van der Waals surface area contributed by atoms with E-state index in [1.165, 1.54) is 0 Å². The molecule has 2 rings (SSSR count). The second-order valence-corrected chi connectivity index (χ2v) is 4.92. The molecule has 2 N–H and O–H groups in total. The molecule has 1 aromatic carbocycles. The number of ether oxygens (including phenoxy) is 1. The second kappa shape index (κ2) is 6.38. The fourth-order valence-electron chi connectivity index (χ4n) is 1.64. The first-order valence-corrected chi connectivity index (χ1v) is 6.65. The quantitative estimate of drug-likeness (QED) is 0.877. The standard InChI is InChI=1S/C14H13BrN2O3/c1-20-13-5-2-9(8-17-13)7-16-10-3-4-11(14(18)19)12(15)6-10/h2-6,8,16H,7H2,1H3,(H,18,19). The van der Waals surface area contributed by atoms with E-state index in [0.29, 0.717) is 16.9 Å². The number of anilines is 1. The first-order chi connectivity index (χ1) is 9.60. The van der Waals surface area contributed by atoms with Gasteiger partial charge in [0.15, 0.2) is 0 Å². The number of rotatable bonds is 5. The summed E-state index contributed by atoms with van der Waals surface area (Å²) in [7, 11) is 1.57. The Morgan fingerprint density at radius 3 is 2.75 bits per heavy atom. The molecule has 6 heteroatoms. The predicted octanol–water partition coefficient (Wildman–Crippen LogP) is 3.16. The fraction of sp³-hybridized carbons (Fsp3) is 0.143. The van der Waals surface area contributed by atoms with Crippen LogP contribution in [0.5, 0.6) is 5.88 Å². The Hall–Kier alpha value is -2.08. The van der Waals surface area contributed by atoms with E-state index in [-0.39, 0.29) is 5.56 Å². The molecule has 0 radical (unpaired) electrons. The minimum atomic E-state index is -0.956. The molecule has 20 heavy (non-hydrogen) atoms. The Labute approximate surface area is 124 Å². The number of hydrogen-bond donors (Lipinski definition) is 2. The topological polar surface area (TPSA) is 71.5 Å². The highest BCUT2D eigenvalue weighted by Crippen LogP contribution is 2.22. The highest BCUT2D eigenvalue weighted by Gasteiger charge is 2.08. The summed E-state index contributed by atoms with van der Waals surface area (Å²) in [5, 5.41) is 12.1. The van der Waals surface area contributed by atoms with Crippen molar-refractivity contribution in [1.29, 1.82) is 0 Å². The minimum Gasteiger partial charge on any atom is -0.481 e. The zero-order chi connectivity index (χ0) is 14.5. The van der Waals surface area contributed by atoms with Crippen molar-refractivity contribution >= 4 is 27.6 Å². The van der Waals surface area contributed by atoms with Crippen LogP contribution in [0.3, 0.4) is 0 Å². The second-order valence-electron chi connectivity index (χ2n) is 4.06. The van der Waals surface area contributed by atoms with Gasteiger partial charge in [0, 0.05) is 29.0 Å². The maximum absolute atomic E-state index is 10.9. The van der Waals surface area contributed by atoms with Crippen LogP contribution in [0, 0.1) is 0 Å². The van der Waals surface area contributed by atoms with Gasteiger partial charge in [0.05, 0.1) is 12.7 Å². The number of halogens is 1. The van der Waals surface area contributed by atoms with Crippen LogP contribution >= 0.6 is 15.9 Å². The van der Waals surface area contributed by atoms with Crippen molar-refractivity contribution in [1.82, 2.24) is 4.98 Å². The molecule has 5 nitrogen and oxygen atoms in total. The predicted molar refractivity (Wildman–Crippen MR) is 79.2 cm³/mol. The van der Waals surface area contributed by atoms with E-state index in [1.807, 2.05) is 6.07 Å². The maximum Gasteiger partial charge on any atom is 0.336 e. The van der Waals surface area contributed by atoms with Crippen molar-refractivity contribution in [3.05, 3.63) is 52.1 Å². The summed E-state index contributed by atoms with van der Waals surface area (Å²) >= 11 is 3.24. The van der Waals surface area contributed by atoms with Crippen molar-refractivity contribution in [2.45, 2.75) is 6.54 Å². The van der Waals surface area contributed by atoms with Crippen molar-refractivity contribution in [3.63, 3.8) is 0 Å². The third kappa shape index (κ3) is 3.48. The number of benzene rings is 1. The lowest BCUT2D eigenvalue weighted by atomic mass is 10.2. The van der Waals surface area contributed by atoms with E-state index in [2.05, 4.69) is 26.2 Å². The van der Waals surface area contributed by atoms with Crippen LogP contribution in [0.1, 0.15) is 15.9 Å². The summed E-state index contributed by atoms with van der Waals surface area (Å²) in [5.74, 6) is -0.384. The molecule has 0 saturated heterocycles. The largest absolute Gasteiger partial charge is 0.481 e. The van der Waals surface area contributed by atoms with E-state index >= 15 is 0 Å². The first-order valence-electron chi connectivity index (χ1n) is 5.86. The van der Waals surface area contributed by atoms with Crippen LogP contribution in [0.15, 0.2) is 41.0 Å². The lowest BCUT2D eigenvalue weighted by molar-refractivity contribution is 0.0696. The van der Waals surface area contributed by atoms with E-state index in [9.17, 15) is 4.79 Å². The van der Waals surface area contributed by atoms with E-state index in [4.69, 9.17) is 9.84 Å². The summed E-state index contributed by atoms with van der Waals surface area (Å²) in [5.41, 5.74) is 2.07. The van der Waals surface area contributed by atoms with Gasteiger partial charge in [-0.2, -0.15) is 0 Å². The molecule has 0 amide bonds. The molecule has 1 aromatic heterocycles. The average Bonchev–Trinajstić information content (AvgIpc) is 2.45. The van der Waals surface area contributed by atoms with Crippen molar-refractivity contribution in [2.24, 2.45) is 0 Å². The van der Waals surface area contributed by atoms with Crippen LogP contribution < -0.4 is 10.1 Å². The third-order valence-corrected chi connectivity index (χ3v) is 3.36. The SMILES string of the molecule is COc1ccc(CNc2ccc(C(=O)O)c(Br)c2)cn1. The molecule has 0 aliphatic rings. The number of carboxylic acid groups (broad SMARTS) is 1. The van der Waals surface area contributed by atoms with Gasteiger partial charge in [-0.1, -0.05) is 6.07 Å². The summed E-state index contributed by atoms with van der Waals surface area (Å²) in [4.78, 5) is 15.0. The normalized spacial score (nSPS) is 10.1. The van der Waals surface area contributed by atoms with Gasteiger partial charge in [-0.15, -0.1) is 0 Å². The molecule has 1 heterocycles. The van der Waals surface area contributed by atoms with Gasteiger partial charge in [-0.05, 0) is 39.7 Å². The van der Waals surface area contributed by atoms with Crippen LogP contribution in [0.25, 0.3) is 0 Å². The maximum atomic E-state index is 10.9. The van der Waals surface area contributed by atoms with Gasteiger partial charge in [0.2, 0.25) is 5.88 Å². The molecular weight excluding hydrogens is 324 g/mol. The molecule has 2 aromatic rings. The zero-order valence-corrected chi connectivity index (χ0v) is 12.3. The van der Waals surface area contributed by atoms with Crippen molar-refractivity contribution in [2.75, 3.05) is 12.4 Å². The molecule has 0 spiro atoms. The number of nitrogens with one attached hydrogen (secondary N) is 1. The highest BCUT2D eigenvalue weighted by molar-refractivity contribution is 9.10. The zero-order valence-electron chi connectivity index (χ0n) is 10.8. The monoisotopic (exact) mass is 336 g/mol. The third-order valence-electron chi connectivity index (χ3n) is 2.70. The van der Waals surface area contributed by atoms with Crippen LogP contribution in [-0.2, 0) is 6.54 Å². The number of nitrogens with zero attached hydrogens (tertiary/aromatic N) is 1. The summed E-state index contributed by atoms with van der Waals surface area (Å²) in [6, 6.07) is 8.73. The summed E-state index contributed by atoms with van der Waals surface area (Å²) in [6.45, 7) is 0.593. The number of aromatic nitrogens is 1. The molecule has 0 aliphatic carbocycles. The van der Waals surface area contributed by atoms with Gasteiger partial charge < -0.3 is 15.2 Å². The summed E-state index contributed by atoms with van der Waals surface area (Å²) < 4.78 is 5.53. The smallest absolute Gasteiger partial charge is 0.336 e. The van der Waals surface area contributed by atoms with Crippen molar-refractivity contribution < 1.29 is 14.6 Å². The fourth-order valence-corrected chi connectivity index (χ4v) is 2.19. The van der Waals surface area contributed by atoms with Crippen LogP contribution in [0.4, 0.5) is 5.69 Å². The van der Waals surface area contributed by atoms with Crippen LogP contribution in [-0.4, -0.2) is 23.2 Å². The van der Waals surface area contributed by atoms with E-state index < -0.39 is 5.97 Å². The van der Waals surface area contributed by atoms with Gasteiger partial charge in [-0.3, -0.25) is 0 Å². The Balaban J connectivity index is 2.03. The number of carbonyl (C=O) groups is 1. The number of pyridine rings is 1. The van der Waals surface area contributed by atoms with Crippen LogP contribution in [0.2, 0.25) is 0 Å².